The van der Waals surface area contributed by atoms with Gasteiger partial charge in [0.15, 0.2) is 0 Å². The molecule has 0 aromatic carbocycles. The van der Waals surface area contributed by atoms with Gasteiger partial charge < -0.3 is 10.4 Å². The molecule has 4 nitrogen and oxygen atoms in total. The molecule has 0 aliphatic heterocycles. The van der Waals surface area contributed by atoms with Crippen molar-refractivity contribution in [2.45, 2.75) is 63.0 Å². The molecular weight excluding hydrogens is 288 g/mol. The number of hydrogen-bond acceptors (Lipinski definition) is 3. The van der Waals surface area contributed by atoms with Crippen molar-refractivity contribution in [1.82, 2.24) is 10.3 Å². The highest BCUT2D eigenvalue weighted by Crippen LogP contribution is 2.60. The third kappa shape index (κ3) is 2.14. The van der Waals surface area contributed by atoms with Gasteiger partial charge in [-0.1, -0.05) is 0 Å². The fourth-order valence-corrected chi connectivity index (χ4v) is 5.65. The summed E-state index contributed by atoms with van der Waals surface area (Å²) in [5, 5.41) is 13.8. The van der Waals surface area contributed by atoms with Crippen molar-refractivity contribution in [2.24, 2.45) is 17.8 Å². The highest BCUT2D eigenvalue weighted by molar-refractivity contribution is 5.95. The van der Waals surface area contributed by atoms with Gasteiger partial charge in [-0.05, 0) is 75.3 Å². The molecule has 4 bridgehead atoms. The van der Waals surface area contributed by atoms with Crippen LogP contribution in [-0.4, -0.2) is 27.6 Å². The van der Waals surface area contributed by atoms with Crippen molar-refractivity contribution in [3.8, 4) is 0 Å². The first kappa shape index (κ1) is 14.0. The van der Waals surface area contributed by atoms with Crippen LogP contribution in [0.25, 0.3) is 0 Å². The molecule has 0 radical (unpaired) electrons. The number of aromatic nitrogens is 1. The van der Waals surface area contributed by atoms with E-state index in [1.54, 1.807) is 0 Å². The number of carbonyl (C=O) groups excluding carboxylic acids is 1. The van der Waals surface area contributed by atoms with Gasteiger partial charge in [-0.15, -0.1) is 0 Å². The van der Waals surface area contributed by atoms with Crippen molar-refractivity contribution in [3.05, 3.63) is 29.1 Å². The summed E-state index contributed by atoms with van der Waals surface area (Å²) in [5.41, 5.74) is 2.33. The van der Waals surface area contributed by atoms with Crippen LogP contribution in [0.5, 0.6) is 0 Å². The predicted octanol–water partition coefficient (Wildman–Crippen LogP) is 2.55. The highest BCUT2D eigenvalue weighted by Gasteiger charge is 2.60. The summed E-state index contributed by atoms with van der Waals surface area (Å²) in [6, 6.07) is 4.14. The molecule has 0 spiro atoms. The second-order valence-corrected chi connectivity index (χ2v) is 8.42. The van der Waals surface area contributed by atoms with E-state index in [2.05, 4.69) is 10.3 Å². The second-order valence-electron chi connectivity index (χ2n) is 8.42. The average molecular weight is 312 g/mol. The van der Waals surface area contributed by atoms with Gasteiger partial charge in [0, 0.05) is 17.7 Å². The monoisotopic (exact) mass is 312 g/mol. The van der Waals surface area contributed by atoms with Crippen LogP contribution in [0.15, 0.2) is 12.1 Å². The number of amides is 1. The molecule has 23 heavy (non-hydrogen) atoms. The molecule has 1 unspecified atom stereocenters. The molecule has 4 heteroatoms. The smallest absolute Gasteiger partial charge is 0.253 e. The Balaban J connectivity index is 1.39. The first-order valence-corrected chi connectivity index (χ1v) is 9.03. The van der Waals surface area contributed by atoms with E-state index < -0.39 is 5.60 Å². The van der Waals surface area contributed by atoms with Gasteiger partial charge in [0.05, 0.1) is 16.9 Å². The highest BCUT2D eigenvalue weighted by atomic mass is 16.3. The molecule has 122 valence electrons. The fraction of sp³-hybridized carbons (Fsp3) is 0.684. The van der Waals surface area contributed by atoms with Crippen LogP contribution >= 0.6 is 0 Å². The van der Waals surface area contributed by atoms with Gasteiger partial charge in [-0.3, -0.25) is 9.78 Å². The minimum atomic E-state index is -0.427. The van der Waals surface area contributed by atoms with E-state index in [1.807, 2.05) is 19.1 Å². The quantitative estimate of drug-likeness (QED) is 0.901. The lowest BCUT2D eigenvalue weighted by atomic mass is 9.76. The molecule has 1 heterocycles. The van der Waals surface area contributed by atoms with Crippen molar-refractivity contribution >= 4 is 5.91 Å². The average Bonchev–Trinajstić information content (AvgIpc) is 3.27. The Bertz CT molecular complexity index is 680. The molecular formula is C19H24N2O2. The first-order valence-electron chi connectivity index (χ1n) is 9.03. The lowest BCUT2D eigenvalue weighted by molar-refractivity contribution is -0.0192. The van der Waals surface area contributed by atoms with Gasteiger partial charge in [0.2, 0.25) is 0 Å². The molecule has 1 aromatic heterocycles. The lowest BCUT2D eigenvalue weighted by Gasteiger charge is -2.38. The molecule has 5 aliphatic rings. The van der Waals surface area contributed by atoms with Crippen LogP contribution < -0.4 is 5.32 Å². The molecule has 6 rings (SSSR count). The van der Waals surface area contributed by atoms with Gasteiger partial charge in [0.1, 0.15) is 0 Å². The summed E-state index contributed by atoms with van der Waals surface area (Å²) in [6.07, 6.45) is 6.17. The number of aliphatic hydroxyl groups is 1. The molecule has 5 saturated carbocycles. The standard InChI is InChI=1S/C19H24N2O2/c1-10-2-5-14(16(20-10)11-3-4-11)18(22)21-17-13-6-12-7-19(23,8-13)9-15(12)17/h2,5,11-13,15,17,23H,3-4,6-9H2,1H3,(H,21,22)/t12?,13-,15-,17-,19-/m1/s1. The van der Waals surface area contributed by atoms with Crippen LogP contribution in [0.2, 0.25) is 0 Å². The fourth-order valence-electron chi connectivity index (χ4n) is 5.65. The Labute approximate surface area is 136 Å². The first-order chi connectivity index (χ1) is 11.0. The zero-order valence-corrected chi connectivity index (χ0v) is 13.6. The van der Waals surface area contributed by atoms with Crippen LogP contribution in [0.3, 0.4) is 0 Å². The summed E-state index contributed by atoms with van der Waals surface area (Å²) >= 11 is 0. The van der Waals surface area contributed by atoms with Crippen molar-refractivity contribution < 1.29 is 9.90 Å². The van der Waals surface area contributed by atoms with E-state index >= 15 is 0 Å². The summed E-state index contributed by atoms with van der Waals surface area (Å²) in [5.74, 6) is 2.08. The van der Waals surface area contributed by atoms with E-state index in [9.17, 15) is 9.90 Å². The second kappa shape index (κ2) is 4.56. The summed E-state index contributed by atoms with van der Waals surface area (Å²) < 4.78 is 0. The number of nitrogens with zero attached hydrogens (tertiary/aromatic N) is 1. The summed E-state index contributed by atoms with van der Waals surface area (Å²) in [6.45, 7) is 1.99. The van der Waals surface area contributed by atoms with Gasteiger partial charge in [-0.25, -0.2) is 0 Å². The van der Waals surface area contributed by atoms with E-state index in [4.69, 9.17) is 0 Å². The minimum absolute atomic E-state index is 0.0485. The van der Waals surface area contributed by atoms with E-state index in [0.717, 1.165) is 49.1 Å². The topological polar surface area (TPSA) is 62.2 Å². The molecule has 2 N–H and O–H groups in total. The molecule has 5 fully saturated rings. The lowest BCUT2D eigenvalue weighted by Crippen LogP contribution is -2.48. The maximum Gasteiger partial charge on any atom is 0.253 e. The number of aryl methyl sites for hydroxylation is 1. The Morgan fingerprint density at radius 2 is 2.04 bits per heavy atom. The largest absolute Gasteiger partial charge is 0.390 e. The number of pyridine rings is 1. The normalized spacial score (nSPS) is 40.6. The van der Waals surface area contributed by atoms with Crippen LogP contribution in [0, 0.1) is 24.7 Å². The Kier molecular flexibility index (Phi) is 2.77. The Morgan fingerprint density at radius 3 is 2.78 bits per heavy atom. The van der Waals surface area contributed by atoms with Crippen LogP contribution in [0.4, 0.5) is 0 Å². The van der Waals surface area contributed by atoms with Gasteiger partial charge in [0.25, 0.3) is 5.91 Å². The van der Waals surface area contributed by atoms with Gasteiger partial charge >= 0.3 is 0 Å². The maximum absolute atomic E-state index is 12.9. The van der Waals surface area contributed by atoms with Crippen molar-refractivity contribution in [2.75, 3.05) is 0 Å². The predicted molar refractivity (Wildman–Crippen MR) is 86.1 cm³/mol. The number of hydrogen-bond donors (Lipinski definition) is 2. The third-order valence-corrected chi connectivity index (χ3v) is 6.65. The van der Waals surface area contributed by atoms with Gasteiger partial charge in [-0.2, -0.15) is 0 Å². The zero-order valence-electron chi connectivity index (χ0n) is 13.6. The Hall–Kier alpha value is -1.42. The third-order valence-electron chi connectivity index (χ3n) is 6.65. The number of rotatable bonds is 3. The SMILES string of the molecule is Cc1ccc(C(=O)N[C@@H]2[C@@H]3CC4C[C@@](O)(C3)C[C@H]42)c(C2CC2)n1. The number of carbonyl (C=O) groups is 1. The zero-order chi connectivity index (χ0) is 15.8. The number of nitrogens with one attached hydrogen (secondary N) is 1. The van der Waals surface area contributed by atoms with Crippen LogP contribution in [0.1, 0.15) is 66.2 Å². The van der Waals surface area contributed by atoms with Crippen molar-refractivity contribution in [1.29, 1.82) is 0 Å². The summed E-state index contributed by atoms with van der Waals surface area (Å²) in [7, 11) is 0. The van der Waals surface area contributed by atoms with E-state index in [1.165, 1.54) is 6.42 Å². The van der Waals surface area contributed by atoms with E-state index in [0.29, 0.717) is 23.7 Å². The van der Waals surface area contributed by atoms with Crippen LogP contribution in [-0.2, 0) is 0 Å². The summed E-state index contributed by atoms with van der Waals surface area (Å²) in [4.78, 5) is 17.5. The maximum atomic E-state index is 12.9. The molecule has 0 saturated heterocycles. The van der Waals surface area contributed by atoms with Crippen molar-refractivity contribution in [3.63, 3.8) is 0 Å². The molecule has 5 aliphatic carbocycles. The van der Waals surface area contributed by atoms with E-state index in [-0.39, 0.29) is 11.9 Å². The molecule has 1 amide bonds. The molecule has 5 atom stereocenters. The molecule has 1 aromatic rings. The minimum Gasteiger partial charge on any atom is -0.390 e. The Morgan fingerprint density at radius 1 is 1.26 bits per heavy atom.